The SMILES string of the molecule is C1CCC1.CN(C(=O)C1(C)C=CC=CC=N1)c1cc(-c2ccc(C(F)(F)F)nc2)ncn1. The Labute approximate surface area is 184 Å². The minimum absolute atomic E-state index is 0.289. The van der Waals surface area contributed by atoms with Crippen molar-refractivity contribution in [3.05, 3.63) is 60.7 Å². The largest absolute Gasteiger partial charge is 0.433 e. The summed E-state index contributed by atoms with van der Waals surface area (Å²) in [5.74, 6) is -0.0316. The third kappa shape index (κ3) is 5.66. The molecular weight excluding hydrogens is 419 g/mol. The number of aliphatic imine (C=N–C) groups is 1. The van der Waals surface area contributed by atoms with E-state index in [4.69, 9.17) is 0 Å². The number of anilines is 1. The van der Waals surface area contributed by atoms with Crippen LogP contribution in [-0.2, 0) is 11.0 Å². The lowest BCUT2D eigenvalue weighted by Crippen LogP contribution is -2.43. The summed E-state index contributed by atoms with van der Waals surface area (Å²) in [5, 5.41) is 0. The minimum atomic E-state index is -4.51. The Kier molecular flexibility index (Phi) is 7.17. The minimum Gasteiger partial charge on any atom is -0.297 e. The molecule has 32 heavy (non-hydrogen) atoms. The molecule has 1 amide bonds. The van der Waals surface area contributed by atoms with Crippen LogP contribution < -0.4 is 4.90 Å². The van der Waals surface area contributed by atoms with Crippen molar-refractivity contribution >= 4 is 17.9 Å². The van der Waals surface area contributed by atoms with Crippen LogP contribution in [0.2, 0.25) is 0 Å². The molecule has 2 aromatic rings. The zero-order chi connectivity index (χ0) is 23.2. The molecule has 9 heteroatoms. The van der Waals surface area contributed by atoms with Crippen LogP contribution in [0.25, 0.3) is 11.3 Å². The van der Waals surface area contributed by atoms with Crippen LogP contribution >= 0.6 is 0 Å². The van der Waals surface area contributed by atoms with Crippen LogP contribution in [0.15, 0.2) is 60.0 Å². The molecule has 1 aliphatic heterocycles. The molecule has 0 saturated heterocycles. The second-order valence-electron chi connectivity index (χ2n) is 7.64. The van der Waals surface area contributed by atoms with Gasteiger partial charge in [0, 0.05) is 31.1 Å². The number of carbonyl (C=O) groups excluding carboxylic acids is 1. The maximum atomic E-state index is 12.9. The number of rotatable bonds is 3. The smallest absolute Gasteiger partial charge is 0.297 e. The lowest BCUT2D eigenvalue weighted by molar-refractivity contribution is -0.141. The molecule has 1 atom stereocenters. The van der Waals surface area contributed by atoms with E-state index in [1.54, 1.807) is 44.5 Å². The van der Waals surface area contributed by atoms with Crippen molar-refractivity contribution in [1.82, 2.24) is 15.0 Å². The normalized spacial score (nSPS) is 19.4. The molecule has 4 rings (SSSR count). The topological polar surface area (TPSA) is 71.3 Å². The van der Waals surface area contributed by atoms with Gasteiger partial charge >= 0.3 is 6.18 Å². The number of allylic oxidation sites excluding steroid dienone is 3. The number of likely N-dealkylation sites (N-methyl/N-ethyl adjacent to an activating group) is 1. The van der Waals surface area contributed by atoms with E-state index in [0.717, 1.165) is 12.3 Å². The standard InChI is InChI=1S/C19H16F3N5O.C4H8/c1-18(8-4-3-5-9-26-18)17(28)27(2)16-10-14(24-12-25-16)13-6-7-15(23-11-13)19(20,21)22;1-2-4-3-1/h3-12H,1-2H3;1-4H2. The predicted octanol–water partition coefficient (Wildman–Crippen LogP) is 5.04. The number of aromatic nitrogens is 3. The number of hydrogen-bond acceptors (Lipinski definition) is 5. The lowest BCUT2D eigenvalue weighted by Gasteiger charge is -2.26. The number of nitrogens with zero attached hydrogens (tertiary/aromatic N) is 5. The number of alkyl halides is 3. The van der Waals surface area contributed by atoms with E-state index < -0.39 is 17.4 Å². The summed E-state index contributed by atoms with van der Waals surface area (Å²) in [4.78, 5) is 30.1. The Hall–Kier alpha value is -3.36. The Morgan fingerprint density at radius 2 is 1.75 bits per heavy atom. The average Bonchev–Trinajstić information content (AvgIpc) is 2.96. The number of amides is 1. The highest BCUT2D eigenvalue weighted by Gasteiger charge is 2.34. The van der Waals surface area contributed by atoms with Gasteiger partial charge in [-0.1, -0.05) is 37.8 Å². The monoisotopic (exact) mass is 443 g/mol. The van der Waals surface area contributed by atoms with Gasteiger partial charge in [0.25, 0.3) is 5.91 Å². The summed E-state index contributed by atoms with van der Waals surface area (Å²) < 4.78 is 38.0. The molecule has 0 N–H and O–H groups in total. The van der Waals surface area contributed by atoms with E-state index in [1.807, 2.05) is 0 Å². The summed E-state index contributed by atoms with van der Waals surface area (Å²) in [6, 6.07) is 3.66. The number of carbonyl (C=O) groups is 1. The summed E-state index contributed by atoms with van der Waals surface area (Å²) in [5.41, 5.74) is -1.37. The molecular formula is C23H24F3N5O. The van der Waals surface area contributed by atoms with Gasteiger partial charge in [-0.15, -0.1) is 0 Å². The van der Waals surface area contributed by atoms with Gasteiger partial charge in [0.15, 0.2) is 5.54 Å². The van der Waals surface area contributed by atoms with Crippen molar-refractivity contribution < 1.29 is 18.0 Å². The first-order valence-electron chi connectivity index (χ1n) is 10.2. The van der Waals surface area contributed by atoms with E-state index in [1.165, 1.54) is 49.0 Å². The molecule has 1 saturated carbocycles. The fraction of sp³-hybridized carbons (Fsp3) is 0.348. The fourth-order valence-electron chi connectivity index (χ4n) is 2.82. The molecule has 6 nitrogen and oxygen atoms in total. The van der Waals surface area contributed by atoms with Crippen molar-refractivity contribution in [1.29, 1.82) is 0 Å². The van der Waals surface area contributed by atoms with Crippen molar-refractivity contribution in [3.8, 4) is 11.3 Å². The van der Waals surface area contributed by atoms with E-state index in [2.05, 4.69) is 19.9 Å². The van der Waals surface area contributed by atoms with Crippen molar-refractivity contribution in [2.75, 3.05) is 11.9 Å². The van der Waals surface area contributed by atoms with E-state index in [0.29, 0.717) is 11.3 Å². The van der Waals surface area contributed by atoms with Gasteiger partial charge < -0.3 is 0 Å². The highest BCUT2D eigenvalue weighted by molar-refractivity contribution is 6.02. The van der Waals surface area contributed by atoms with Crippen LogP contribution in [0, 0.1) is 0 Å². The van der Waals surface area contributed by atoms with Crippen LogP contribution in [0.4, 0.5) is 19.0 Å². The van der Waals surface area contributed by atoms with Crippen LogP contribution in [0.3, 0.4) is 0 Å². The van der Waals surface area contributed by atoms with Crippen molar-refractivity contribution in [3.63, 3.8) is 0 Å². The summed E-state index contributed by atoms with van der Waals surface area (Å²) >= 11 is 0. The average molecular weight is 443 g/mol. The number of hydrogen-bond donors (Lipinski definition) is 0. The maximum absolute atomic E-state index is 12.9. The quantitative estimate of drug-likeness (QED) is 0.667. The molecule has 0 spiro atoms. The summed E-state index contributed by atoms with van der Waals surface area (Å²) in [7, 11) is 1.55. The maximum Gasteiger partial charge on any atom is 0.433 e. The lowest BCUT2D eigenvalue weighted by atomic mass is 10.0. The van der Waals surface area contributed by atoms with Gasteiger partial charge in [0.2, 0.25) is 0 Å². The zero-order valence-corrected chi connectivity index (χ0v) is 17.9. The van der Waals surface area contributed by atoms with Gasteiger partial charge in [0.1, 0.15) is 17.8 Å². The third-order valence-corrected chi connectivity index (χ3v) is 5.16. The molecule has 168 valence electrons. The highest BCUT2D eigenvalue weighted by Crippen LogP contribution is 2.29. The van der Waals surface area contributed by atoms with Gasteiger partial charge in [0.05, 0.1) is 5.69 Å². The van der Waals surface area contributed by atoms with Crippen molar-refractivity contribution in [2.45, 2.75) is 44.3 Å². The first-order chi connectivity index (χ1) is 15.2. The van der Waals surface area contributed by atoms with Crippen LogP contribution in [0.5, 0.6) is 0 Å². The zero-order valence-electron chi connectivity index (χ0n) is 17.9. The Balaban J connectivity index is 0.000000650. The molecule has 1 unspecified atom stereocenters. The van der Waals surface area contributed by atoms with E-state index in [9.17, 15) is 18.0 Å². The Bertz CT molecular complexity index is 1000. The molecule has 1 fully saturated rings. The summed E-state index contributed by atoms with van der Waals surface area (Å²) in [6.07, 6.45) is 12.2. The Morgan fingerprint density at radius 3 is 2.34 bits per heavy atom. The van der Waals surface area contributed by atoms with E-state index in [-0.39, 0.29) is 11.7 Å². The molecule has 2 aliphatic rings. The molecule has 0 bridgehead atoms. The van der Waals surface area contributed by atoms with Crippen molar-refractivity contribution in [2.24, 2.45) is 4.99 Å². The van der Waals surface area contributed by atoms with Gasteiger partial charge in [-0.2, -0.15) is 13.2 Å². The molecule has 1 aliphatic carbocycles. The first kappa shape index (κ1) is 23.3. The molecule has 0 radical (unpaired) electrons. The summed E-state index contributed by atoms with van der Waals surface area (Å²) in [6.45, 7) is 1.67. The third-order valence-electron chi connectivity index (χ3n) is 5.16. The second kappa shape index (κ2) is 9.84. The Morgan fingerprint density at radius 1 is 1.03 bits per heavy atom. The van der Waals surface area contributed by atoms with Gasteiger partial charge in [-0.3, -0.25) is 19.7 Å². The van der Waals surface area contributed by atoms with E-state index >= 15 is 0 Å². The molecule has 3 heterocycles. The highest BCUT2D eigenvalue weighted by atomic mass is 19.4. The number of pyridine rings is 1. The van der Waals surface area contributed by atoms with Gasteiger partial charge in [-0.05, 0) is 31.2 Å². The fourth-order valence-corrected chi connectivity index (χ4v) is 2.82. The molecule has 2 aromatic heterocycles. The second-order valence-corrected chi connectivity index (χ2v) is 7.64. The molecule has 0 aromatic carbocycles. The first-order valence-corrected chi connectivity index (χ1v) is 10.2. The van der Waals surface area contributed by atoms with Crippen LogP contribution in [-0.4, -0.2) is 39.7 Å². The van der Waals surface area contributed by atoms with Crippen LogP contribution in [0.1, 0.15) is 38.3 Å². The van der Waals surface area contributed by atoms with Gasteiger partial charge in [-0.25, -0.2) is 9.97 Å². The number of halogens is 3. The predicted molar refractivity (Wildman–Crippen MR) is 117 cm³/mol.